The summed E-state index contributed by atoms with van der Waals surface area (Å²) < 4.78 is 40.5. The molecule has 0 amide bonds. The molecular weight excluding hydrogens is 281 g/mol. The summed E-state index contributed by atoms with van der Waals surface area (Å²) in [6.07, 6.45) is 0. The van der Waals surface area contributed by atoms with Crippen LogP contribution in [0, 0.1) is 12.7 Å². The summed E-state index contributed by atoms with van der Waals surface area (Å²) in [6.45, 7) is 1.41. The Hall–Kier alpha value is -1.92. The maximum atomic E-state index is 13.8. The van der Waals surface area contributed by atoms with Gasteiger partial charge in [0.2, 0.25) is 0 Å². The molecule has 0 radical (unpaired) electrons. The Labute approximate surface area is 116 Å². The Morgan fingerprint density at radius 2 is 1.90 bits per heavy atom. The van der Waals surface area contributed by atoms with Crippen molar-refractivity contribution in [3.8, 4) is 0 Å². The quantitative estimate of drug-likeness (QED) is 0.910. The Kier molecular flexibility index (Phi) is 4.06. The lowest BCUT2D eigenvalue weighted by Gasteiger charge is -2.11. The van der Waals surface area contributed by atoms with E-state index < -0.39 is 20.7 Å². The normalized spacial score (nSPS) is 11.3. The van der Waals surface area contributed by atoms with Crippen LogP contribution in [0.3, 0.4) is 0 Å². The highest BCUT2D eigenvalue weighted by molar-refractivity contribution is 7.92. The largest absolute Gasteiger partial charge is 0.392 e. The second-order valence-electron chi connectivity index (χ2n) is 4.34. The van der Waals surface area contributed by atoms with Crippen molar-refractivity contribution >= 4 is 15.7 Å². The average Bonchev–Trinajstić information content (AvgIpc) is 2.40. The van der Waals surface area contributed by atoms with Crippen LogP contribution in [-0.4, -0.2) is 13.5 Å². The first kappa shape index (κ1) is 14.5. The summed E-state index contributed by atoms with van der Waals surface area (Å²) in [5.41, 5.74) is 1.46. The van der Waals surface area contributed by atoms with Gasteiger partial charge in [-0.15, -0.1) is 0 Å². The van der Waals surface area contributed by atoms with Crippen LogP contribution in [0.25, 0.3) is 0 Å². The number of hydrogen-bond donors (Lipinski definition) is 2. The molecule has 0 saturated heterocycles. The van der Waals surface area contributed by atoms with Gasteiger partial charge in [0.25, 0.3) is 10.0 Å². The number of sulfonamides is 1. The SMILES string of the molecule is Cc1ccccc1NS(=O)(=O)c1ccc(CO)cc1F. The number of hydrogen-bond acceptors (Lipinski definition) is 3. The predicted octanol–water partition coefficient (Wildman–Crippen LogP) is 2.43. The molecule has 0 atom stereocenters. The first-order valence-corrected chi connectivity index (χ1v) is 7.40. The number of aliphatic hydroxyl groups is 1. The Bertz CT molecular complexity index is 729. The van der Waals surface area contributed by atoms with Crippen molar-refractivity contribution in [2.24, 2.45) is 0 Å². The summed E-state index contributed by atoms with van der Waals surface area (Å²) in [6, 6.07) is 10.3. The van der Waals surface area contributed by atoms with Gasteiger partial charge in [-0.1, -0.05) is 24.3 Å². The van der Waals surface area contributed by atoms with E-state index in [-0.39, 0.29) is 6.61 Å². The standard InChI is InChI=1S/C14H14FNO3S/c1-10-4-2-3-5-13(10)16-20(18,19)14-7-6-11(9-17)8-12(14)15/h2-8,16-17H,9H2,1H3. The van der Waals surface area contributed by atoms with E-state index in [2.05, 4.69) is 4.72 Å². The molecule has 0 unspecified atom stereocenters. The molecule has 2 rings (SSSR count). The monoisotopic (exact) mass is 295 g/mol. The summed E-state index contributed by atoms with van der Waals surface area (Å²) in [7, 11) is -4.00. The molecule has 0 saturated carbocycles. The summed E-state index contributed by atoms with van der Waals surface area (Å²) in [5, 5.41) is 8.90. The number of rotatable bonds is 4. The van der Waals surface area contributed by atoms with E-state index >= 15 is 0 Å². The van der Waals surface area contributed by atoms with Crippen LogP contribution in [0.4, 0.5) is 10.1 Å². The first-order valence-electron chi connectivity index (χ1n) is 5.92. The topological polar surface area (TPSA) is 66.4 Å². The summed E-state index contributed by atoms with van der Waals surface area (Å²) >= 11 is 0. The highest BCUT2D eigenvalue weighted by Gasteiger charge is 2.19. The smallest absolute Gasteiger partial charge is 0.264 e. The van der Waals surface area contributed by atoms with Gasteiger partial charge < -0.3 is 5.11 Å². The van der Waals surface area contributed by atoms with Gasteiger partial charge in [-0.05, 0) is 36.2 Å². The third kappa shape index (κ3) is 2.97. The summed E-state index contributed by atoms with van der Waals surface area (Å²) in [4.78, 5) is -0.446. The number of benzene rings is 2. The van der Waals surface area contributed by atoms with Gasteiger partial charge >= 0.3 is 0 Å². The number of aryl methyl sites for hydroxylation is 1. The molecule has 0 aliphatic carbocycles. The zero-order valence-electron chi connectivity index (χ0n) is 10.8. The zero-order chi connectivity index (χ0) is 14.8. The van der Waals surface area contributed by atoms with Gasteiger partial charge in [0.05, 0.1) is 12.3 Å². The number of aliphatic hydroxyl groups excluding tert-OH is 1. The third-order valence-corrected chi connectivity index (χ3v) is 4.26. The Morgan fingerprint density at radius 1 is 1.20 bits per heavy atom. The van der Waals surface area contributed by atoms with E-state index in [1.54, 1.807) is 31.2 Å². The molecule has 106 valence electrons. The van der Waals surface area contributed by atoms with Crippen molar-refractivity contribution in [2.75, 3.05) is 4.72 Å². The van der Waals surface area contributed by atoms with E-state index in [1.807, 2.05) is 0 Å². The molecule has 0 aliphatic rings. The molecule has 0 aliphatic heterocycles. The van der Waals surface area contributed by atoms with Crippen molar-refractivity contribution in [2.45, 2.75) is 18.4 Å². The minimum Gasteiger partial charge on any atom is -0.392 e. The highest BCUT2D eigenvalue weighted by atomic mass is 32.2. The molecule has 0 heterocycles. The van der Waals surface area contributed by atoms with E-state index in [0.717, 1.165) is 17.7 Å². The summed E-state index contributed by atoms with van der Waals surface area (Å²) in [5.74, 6) is -0.891. The molecule has 4 nitrogen and oxygen atoms in total. The molecule has 0 aromatic heterocycles. The molecule has 0 spiro atoms. The molecule has 2 aromatic carbocycles. The minimum absolute atomic E-state index is 0.317. The minimum atomic E-state index is -4.00. The van der Waals surface area contributed by atoms with Gasteiger partial charge in [0.15, 0.2) is 0 Å². The van der Waals surface area contributed by atoms with Crippen LogP contribution >= 0.6 is 0 Å². The molecule has 20 heavy (non-hydrogen) atoms. The van der Waals surface area contributed by atoms with Crippen LogP contribution in [0.1, 0.15) is 11.1 Å². The fourth-order valence-corrected chi connectivity index (χ4v) is 2.94. The second kappa shape index (κ2) is 5.60. The van der Waals surface area contributed by atoms with Crippen LogP contribution in [-0.2, 0) is 16.6 Å². The molecule has 2 aromatic rings. The number of anilines is 1. The molecule has 2 N–H and O–H groups in total. The lowest BCUT2D eigenvalue weighted by Crippen LogP contribution is -2.15. The van der Waals surface area contributed by atoms with Crippen molar-refractivity contribution in [1.82, 2.24) is 0 Å². The number of para-hydroxylation sites is 1. The highest BCUT2D eigenvalue weighted by Crippen LogP contribution is 2.22. The van der Waals surface area contributed by atoms with E-state index in [4.69, 9.17) is 5.11 Å². The Morgan fingerprint density at radius 3 is 2.50 bits per heavy atom. The number of halogens is 1. The fraction of sp³-hybridized carbons (Fsp3) is 0.143. The van der Waals surface area contributed by atoms with Crippen LogP contribution in [0.15, 0.2) is 47.4 Å². The average molecular weight is 295 g/mol. The first-order chi connectivity index (χ1) is 9.44. The Balaban J connectivity index is 2.39. The lowest BCUT2D eigenvalue weighted by molar-refractivity contribution is 0.281. The van der Waals surface area contributed by atoms with E-state index in [9.17, 15) is 12.8 Å². The van der Waals surface area contributed by atoms with E-state index in [0.29, 0.717) is 11.3 Å². The van der Waals surface area contributed by atoms with Gasteiger partial charge in [0, 0.05) is 0 Å². The van der Waals surface area contributed by atoms with Gasteiger partial charge in [0.1, 0.15) is 10.7 Å². The van der Waals surface area contributed by atoms with Crippen molar-refractivity contribution in [3.63, 3.8) is 0 Å². The van der Waals surface area contributed by atoms with Crippen molar-refractivity contribution in [1.29, 1.82) is 0 Å². The fourth-order valence-electron chi connectivity index (χ4n) is 1.75. The van der Waals surface area contributed by atoms with Crippen molar-refractivity contribution < 1.29 is 17.9 Å². The molecule has 0 fully saturated rings. The lowest BCUT2D eigenvalue weighted by atomic mass is 10.2. The van der Waals surface area contributed by atoms with Gasteiger partial charge in [-0.2, -0.15) is 0 Å². The molecular formula is C14H14FNO3S. The van der Waals surface area contributed by atoms with Gasteiger partial charge in [-0.25, -0.2) is 12.8 Å². The molecule has 0 bridgehead atoms. The maximum absolute atomic E-state index is 13.8. The van der Waals surface area contributed by atoms with Gasteiger partial charge in [-0.3, -0.25) is 4.72 Å². The van der Waals surface area contributed by atoms with Crippen LogP contribution in [0.5, 0.6) is 0 Å². The second-order valence-corrected chi connectivity index (χ2v) is 5.99. The maximum Gasteiger partial charge on any atom is 0.264 e. The third-order valence-electron chi connectivity index (χ3n) is 2.86. The zero-order valence-corrected chi connectivity index (χ0v) is 11.6. The van der Waals surface area contributed by atoms with Crippen molar-refractivity contribution in [3.05, 3.63) is 59.4 Å². The molecule has 6 heteroatoms. The van der Waals surface area contributed by atoms with E-state index in [1.165, 1.54) is 6.07 Å². The van der Waals surface area contributed by atoms with Crippen LogP contribution < -0.4 is 4.72 Å². The van der Waals surface area contributed by atoms with Crippen LogP contribution in [0.2, 0.25) is 0 Å². The number of nitrogens with one attached hydrogen (secondary N) is 1. The predicted molar refractivity (Wildman–Crippen MR) is 74.3 cm³/mol.